The Bertz CT molecular complexity index is 233. The summed E-state index contributed by atoms with van der Waals surface area (Å²) in [6, 6.07) is 0. The average molecular weight is 268 g/mol. The normalized spacial score (nSPS) is 23.6. The lowest BCUT2D eigenvalue weighted by Gasteiger charge is -2.35. The highest BCUT2D eigenvalue weighted by Crippen LogP contribution is 2.59. The molecule has 0 atom stereocenters. The Morgan fingerprint density at radius 2 is 1.86 bits per heavy atom. The fourth-order valence-electron chi connectivity index (χ4n) is 1.41. The maximum atomic E-state index is 4.81. The molecule has 1 aliphatic heterocycles. The summed E-state index contributed by atoms with van der Waals surface area (Å²) in [6.45, 7) is 6.64. The summed E-state index contributed by atoms with van der Waals surface area (Å²) < 4.78 is 1.42. The number of nitrogens with zero attached hydrogens (tertiary/aromatic N) is 1. The molecule has 5 heteroatoms. The summed E-state index contributed by atoms with van der Waals surface area (Å²) in [5.74, 6) is 1.11. The van der Waals surface area contributed by atoms with Gasteiger partial charge in [0.15, 0.2) is 0 Å². The average Bonchev–Trinajstić information content (AvgIpc) is 2.38. The van der Waals surface area contributed by atoms with E-state index in [1.807, 2.05) is 47.0 Å². The van der Waals surface area contributed by atoms with Crippen molar-refractivity contribution in [1.29, 1.82) is 0 Å². The van der Waals surface area contributed by atoms with Crippen LogP contribution in [-0.4, -0.2) is 31.6 Å². The standard InChI is InChI=1S/C9H17NS4/c1-6-13-7-10-8(2,3)9(11-4,12-5)14-7/h6H2,1-5H3. The molecule has 0 saturated carbocycles. The molecule has 0 amide bonds. The maximum Gasteiger partial charge on any atom is 0.137 e. The van der Waals surface area contributed by atoms with E-state index in [2.05, 4.69) is 33.3 Å². The highest BCUT2D eigenvalue weighted by Gasteiger charge is 2.50. The SMILES string of the molecule is CCSC1=NC(C)(C)C(SC)(SC)S1. The first-order valence-corrected chi connectivity index (χ1v) is 8.78. The van der Waals surface area contributed by atoms with E-state index in [1.54, 1.807) is 0 Å². The smallest absolute Gasteiger partial charge is 0.137 e. The van der Waals surface area contributed by atoms with Gasteiger partial charge in [-0.15, -0.1) is 35.3 Å². The first-order chi connectivity index (χ1) is 6.51. The Labute approximate surface area is 104 Å². The van der Waals surface area contributed by atoms with Crippen LogP contribution in [-0.2, 0) is 0 Å². The van der Waals surface area contributed by atoms with Crippen molar-refractivity contribution >= 4 is 51.4 Å². The lowest BCUT2D eigenvalue weighted by Crippen LogP contribution is -2.36. The van der Waals surface area contributed by atoms with Crippen molar-refractivity contribution in [1.82, 2.24) is 0 Å². The van der Waals surface area contributed by atoms with Gasteiger partial charge >= 0.3 is 0 Å². The molecule has 0 unspecified atom stereocenters. The molecule has 0 saturated heterocycles. The van der Waals surface area contributed by atoms with E-state index in [1.165, 1.54) is 4.38 Å². The van der Waals surface area contributed by atoms with E-state index in [9.17, 15) is 0 Å². The maximum absolute atomic E-state index is 4.81. The fraction of sp³-hybridized carbons (Fsp3) is 0.889. The molecule has 0 aromatic heterocycles. The molecular formula is C9H17NS4. The van der Waals surface area contributed by atoms with Crippen LogP contribution >= 0.6 is 47.0 Å². The third kappa shape index (κ3) is 2.25. The molecule has 1 aliphatic rings. The first-order valence-electron chi connectivity index (χ1n) is 4.53. The molecule has 0 aliphatic carbocycles. The Kier molecular flexibility index (Phi) is 4.63. The molecule has 0 fully saturated rings. The zero-order valence-electron chi connectivity index (χ0n) is 9.29. The van der Waals surface area contributed by atoms with Gasteiger partial charge in [-0.25, -0.2) is 0 Å². The van der Waals surface area contributed by atoms with Gasteiger partial charge in [0, 0.05) is 0 Å². The van der Waals surface area contributed by atoms with Gasteiger partial charge in [0.2, 0.25) is 0 Å². The van der Waals surface area contributed by atoms with Crippen LogP contribution in [0.15, 0.2) is 4.99 Å². The number of rotatable bonds is 3. The van der Waals surface area contributed by atoms with Crippen LogP contribution < -0.4 is 0 Å². The minimum atomic E-state index is 0.0357. The van der Waals surface area contributed by atoms with E-state index >= 15 is 0 Å². The lowest BCUT2D eigenvalue weighted by molar-refractivity contribution is 0.563. The summed E-state index contributed by atoms with van der Waals surface area (Å²) >= 11 is 7.62. The van der Waals surface area contributed by atoms with Crippen LogP contribution in [0, 0.1) is 0 Å². The van der Waals surface area contributed by atoms with Crippen LogP contribution in [0.4, 0.5) is 0 Å². The van der Waals surface area contributed by atoms with Gasteiger partial charge in [-0.1, -0.05) is 18.7 Å². The van der Waals surface area contributed by atoms with Gasteiger partial charge in [0.1, 0.15) is 7.79 Å². The van der Waals surface area contributed by atoms with Crippen LogP contribution in [0.5, 0.6) is 0 Å². The van der Waals surface area contributed by atoms with E-state index in [-0.39, 0.29) is 8.95 Å². The highest BCUT2D eigenvalue weighted by atomic mass is 32.3. The molecule has 0 bridgehead atoms. The molecular weight excluding hydrogens is 250 g/mol. The predicted molar refractivity (Wildman–Crippen MR) is 77.0 cm³/mol. The molecule has 0 radical (unpaired) electrons. The molecule has 0 aromatic carbocycles. The Morgan fingerprint density at radius 3 is 2.21 bits per heavy atom. The van der Waals surface area contributed by atoms with Crippen LogP contribution in [0.25, 0.3) is 0 Å². The van der Waals surface area contributed by atoms with Crippen LogP contribution in [0.3, 0.4) is 0 Å². The van der Waals surface area contributed by atoms with Crippen molar-refractivity contribution in [2.75, 3.05) is 18.3 Å². The largest absolute Gasteiger partial charge is 0.262 e. The minimum absolute atomic E-state index is 0.0357. The van der Waals surface area contributed by atoms with Crippen molar-refractivity contribution in [3.63, 3.8) is 0 Å². The summed E-state index contributed by atoms with van der Waals surface area (Å²) in [7, 11) is 0. The van der Waals surface area contributed by atoms with Crippen molar-refractivity contribution < 1.29 is 0 Å². The third-order valence-corrected chi connectivity index (χ3v) is 8.99. The molecule has 82 valence electrons. The second-order valence-electron chi connectivity index (χ2n) is 3.44. The van der Waals surface area contributed by atoms with E-state index in [4.69, 9.17) is 4.99 Å². The van der Waals surface area contributed by atoms with E-state index in [0.717, 1.165) is 5.75 Å². The molecule has 1 nitrogen and oxygen atoms in total. The van der Waals surface area contributed by atoms with Gasteiger partial charge in [-0.05, 0) is 32.1 Å². The summed E-state index contributed by atoms with van der Waals surface area (Å²) in [6.07, 6.45) is 4.36. The Morgan fingerprint density at radius 1 is 1.29 bits per heavy atom. The van der Waals surface area contributed by atoms with Crippen LogP contribution in [0.1, 0.15) is 20.8 Å². The zero-order chi connectivity index (χ0) is 10.8. The van der Waals surface area contributed by atoms with Crippen molar-refractivity contribution in [2.24, 2.45) is 4.99 Å². The third-order valence-electron chi connectivity index (χ3n) is 2.15. The number of hydrogen-bond donors (Lipinski definition) is 0. The van der Waals surface area contributed by atoms with Gasteiger partial charge in [0.05, 0.1) is 5.54 Å². The predicted octanol–water partition coefficient (Wildman–Crippen LogP) is 4.00. The van der Waals surface area contributed by atoms with Crippen molar-refractivity contribution in [2.45, 2.75) is 29.7 Å². The van der Waals surface area contributed by atoms with E-state index in [0.29, 0.717) is 0 Å². The summed E-state index contributed by atoms with van der Waals surface area (Å²) in [5, 5.41) is 0. The van der Waals surface area contributed by atoms with Gasteiger partial charge in [-0.3, -0.25) is 4.99 Å². The second-order valence-corrected chi connectivity index (χ2v) is 8.97. The van der Waals surface area contributed by atoms with Gasteiger partial charge in [-0.2, -0.15) is 0 Å². The van der Waals surface area contributed by atoms with Gasteiger partial charge in [0.25, 0.3) is 0 Å². The fourth-order valence-corrected chi connectivity index (χ4v) is 6.93. The Balaban J connectivity index is 2.86. The lowest BCUT2D eigenvalue weighted by atomic mass is 10.1. The molecule has 1 heterocycles. The summed E-state index contributed by atoms with van der Waals surface area (Å²) in [5.41, 5.74) is 0.0357. The highest BCUT2D eigenvalue weighted by molar-refractivity contribution is 8.48. The number of aliphatic imine (C=N–C) groups is 1. The van der Waals surface area contributed by atoms with E-state index < -0.39 is 0 Å². The molecule has 0 aromatic rings. The number of thioether (sulfide) groups is 4. The molecule has 14 heavy (non-hydrogen) atoms. The Hall–Kier alpha value is 1.07. The molecule has 0 spiro atoms. The molecule has 0 N–H and O–H groups in total. The van der Waals surface area contributed by atoms with Crippen LogP contribution in [0.2, 0.25) is 0 Å². The quantitative estimate of drug-likeness (QED) is 0.716. The second kappa shape index (κ2) is 4.93. The van der Waals surface area contributed by atoms with Crippen molar-refractivity contribution in [3.8, 4) is 0 Å². The molecule has 1 rings (SSSR count). The van der Waals surface area contributed by atoms with Crippen molar-refractivity contribution in [3.05, 3.63) is 0 Å². The first kappa shape index (κ1) is 13.1. The zero-order valence-corrected chi connectivity index (χ0v) is 12.6. The number of hydrogen-bond acceptors (Lipinski definition) is 5. The monoisotopic (exact) mass is 267 g/mol. The summed E-state index contributed by atoms with van der Waals surface area (Å²) in [4.78, 5) is 4.81. The topological polar surface area (TPSA) is 12.4 Å². The van der Waals surface area contributed by atoms with Gasteiger partial charge < -0.3 is 0 Å². The minimum Gasteiger partial charge on any atom is -0.262 e.